The molecule has 0 unspecified atom stereocenters. The lowest BCUT2D eigenvalue weighted by molar-refractivity contribution is -0.925. The smallest absolute Gasteiger partial charge is 0.0786 e. The van der Waals surface area contributed by atoms with Gasteiger partial charge in [0.15, 0.2) is 0 Å². The van der Waals surface area contributed by atoms with Crippen molar-refractivity contribution in [1.29, 1.82) is 0 Å². The van der Waals surface area contributed by atoms with Gasteiger partial charge in [0, 0.05) is 0 Å². The highest BCUT2D eigenvalue weighted by molar-refractivity contribution is 4.52. The summed E-state index contributed by atoms with van der Waals surface area (Å²) in [5, 5.41) is 0. The summed E-state index contributed by atoms with van der Waals surface area (Å²) >= 11 is 0. The first-order valence-electron chi connectivity index (χ1n) is 18.1. The zero-order valence-electron chi connectivity index (χ0n) is 27.5. The third-order valence-corrected chi connectivity index (χ3v) is 9.31. The standard InChI is InChI=1S/C36H76N.BrH/c1-5-9-11-13-15-17-19-21-23-25-27-29-31-33-35-37(7-3,8-4)36-34-32-30-28-26-24-22-20-18-16-14-12-10-6-2;/h5-36H2,1-4H3;1H/q+1;/p-1. The minimum Gasteiger partial charge on any atom is -1.00 e. The van der Waals surface area contributed by atoms with Crippen molar-refractivity contribution in [3.63, 3.8) is 0 Å². The Hall–Kier alpha value is 0.440. The van der Waals surface area contributed by atoms with Gasteiger partial charge in [-0.05, 0) is 39.5 Å². The molecule has 0 aliphatic carbocycles. The van der Waals surface area contributed by atoms with Gasteiger partial charge in [-0.1, -0.05) is 168 Å². The molecular weight excluding hydrogens is 526 g/mol. The Morgan fingerprint density at radius 3 is 0.632 bits per heavy atom. The number of quaternary nitrogens is 1. The van der Waals surface area contributed by atoms with Gasteiger partial charge < -0.3 is 21.5 Å². The van der Waals surface area contributed by atoms with Crippen molar-refractivity contribution in [2.75, 3.05) is 26.2 Å². The van der Waals surface area contributed by atoms with E-state index in [1.54, 1.807) is 0 Å². The molecule has 38 heavy (non-hydrogen) atoms. The SMILES string of the molecule is CCCCCCCCCCCCCCCC[N+](CC)(CC)CCCCCCCCCCCCCCCC.[Br-]. The van der Waals surface area contributed by atoms with Crippen LogP contribution in [-0.4, -0.2) is 30.7 Å². The fourth-order valence-electron chi connectivity index (χ4n) is 6.25. The Morgan fingerprint density at radius 1 is 0.263 bits per heavy atom. The number of halogens is 1. The first-order valence-corrected chi connectivity index (χ1v) is 18.1. The van der Waals surface area contributed by atoms with Crippen molar-refractivity contribution in [1.82, 2.24) is 0 Å². The van der Waals surface area contributed by atoms with E-state index in [1.807, 2.05) is 0 Å². The van der Waals surface area contributed by atoms with Crippen LogP contribution < -0.4 is 17.0 Å². The lowest BCUT2D eigenvalue weighted by Gasteiger charge is -2.37. The topological polar surface area (TPSA) is 0 Å². The van der Waals surface area contributed by atoms with Crippen LogP contribution in [0.15, 0.2) is 0 Å². The normalized spacial score (nSPS) is 11.7. The fourth-order valence-corrected chi connectivity index (χ4v) is 6.25. The summed E-state index contributed by atoms with van der Waals surface area (Å²) in [7, 11) is 0. The molecule has 0 bridgehead atoms. The molecular formula is C36H76BrN. The average Bonchev–Trinajstić information content (AvgIpc) is 2.92. The number of rotatable bonds is 32. The van der Waals surface area contributed by atoms with Crippen molar-refractivity contribution in [3.05, 3.63) is 0 Å². The molecule has 232 valence electrons. The summed E-state index contributed by atoms with van der Waals surface area (Å²) < 4.78 is 1.39. The molecule has 0 amide bonds. The van der Waals surface area contributed by atoms with Gasteiger partial charge in [-0.15, -0.1) is 0 Å². The molecule has 2 heteroatoms. The Labute approximate surface area is 254 Å². The zero-order valence-corrected chi connectivity index (χ0v) is 29.0. The highest BCUT2D eigenvalue weighted by atomic mass is 79.9. The van der Waals surface area contributed by atoms with Crippen molar-refractivity contribution < 1.29 is 21.5 Å². The Balaban J connectivity index is 0. The van der Waals surface area contributed by atoms with Gasteiger partial charge in [0.2, 0.25) is 0 Å². The molecule has 0 saturated heterocycles. The van der Waals surface area contributed by atoms with E-state index in [0.29, 0.717) is 0 Å². The van der Waals surface area contributed by atoms with Crippen LogP contribution in [0.4, 0.5) is 0 Å². The van der Waals surface area contributed by atoms with E-state index in [0.717, 1.165) is 0 Å². The van der Waals surface area contributed by atoms with E-state index in [-0.39, 0.29) is 17.0 Å². The van der Waals surface area contributed by atoms with Crippen LogP contribution in [0.1, 0.15) is 207 Å². The monoisotopic (exact) mass is 602 g/mol. The zero-order chi connectivity index (χ0) is 27.1. The van der Waals surface area contributed by atoms with E-state index < -0.39 is 0 Å². The maximum Gasteiger partial charge on any atom is 0.0786 e. The summed E-state index contributed by atoms with van der Waals surface area (Å²) in [4.78, 5) is 0. The molecule has 0 spiro atoms. The fraction of sp³-hybridized carbons (Fsp3) is 1.00. The van der Waals surface area contributed by atoms with Crippen molar-refractivity contribution in [2.24, 2.45) is 0 Å². The van der Waals surface area contributed by atoms with Gasteiger partial charge in [-0.25, -0.2) is 0 Å². The third kappa shape index (κ3) is 28.0. The van der Waals surface area contributed by atoms with Gasteiger partial charge in [-0.2, -0.15) is 0 Å². The highest BCUT2D eigenvalue weighted by Crippen LogP contribution is 2.17. The number of hydrogen-bond donors (Lipinski definition) is 0. The predicted octanol–water partition coefficient (Wildman–Crippen LogP) is 9.81. The third-order valence-electron chi connectivity index (χ3n) is 9.31. The largest absolute Gasteiger partial charge is 1.00 e. The Morgan fingerprint density at radius 2 is 0.447 bits per heavy atom. The van der Waals surface area contributed by atoms with E-state index >= 15 is 0 Å². The van der Waals surface area contributed by atoms with E-state index in [4.69, 9.17) is 0 Å². The minimum absolute atomic E-state index is 0. The van der Waals surface area contributed by atoms with E-state index in [1.165, 1.54) is 210 Å². The first kappa shape index (κ1) is 40.6. The number of unbranched alkanes of at least 4 members (excludes halogenated alkanes) is 26. The average molecular weight is 603 g/mol. The van der Waals surface area contributed by atoms with E-state index in [2.05, 4.69) is 27.7 Å². The minimum atomic E-state index is 0. The summed E-state index contributed by atoms with van der Waals surface area (Å²) in [6, 6.07) is 0. The second-order valence-electron chi connectivity index (χ2n) is 12.6. The molecule has 0 aromatic heterocycles. The van der Waals surface area contributed by atoms with E-state index in [9.17, 15) is 0 Å². The van der Waals surface area contributed by atoms with Gasteiger partial charge in [-0.3, -0.25) is 0 Å². The lowest BCUT2D eigenvalue weighted by atomic mass is 10.0. The summed E-state index contributed by atoms with van der Waals surface area (Å²) in [6.07, 6.45) is 41.1. The maximum absolute atomic E-state index is 2.44. The molecule has 0 N–H and O–H groups in total. The first-order chi connectivity index (χ1) is 18.2. The summed E-state index contributed by atoms with van der Waals surface area (Å²) in [6.45, 7) is 15.1. The lowest BCUT2D eigenvalue weighted by Crippen LogP contribution is -3.00. The molecule has 0 aliphatic rings. The summed E-state index contributed by atoms with van der Waals surface area (Å²) in [5.41, 5.74) is 0. The van der Waals surface area contributed by atoms with Crippen LogP contribution >= 0.6 is 0 Å². The van der Waals surface area contributed by atoms with Crippen LogP contribution in [0.5, 0.6) is 0 Å². The van der Waals surface area contributed by atoms with Crippen LogP contribution in [-0.2, 0) is 0 Å². The quantitative estimate of drug-likeness (QED) is 0.0531. The number of hydrogen-bond acceptors (Lipinski definition) is 0. The second-order valence-corrected chi connectivity index (χ2v) is 12.6. The van der Waals surface area contributed by atoms with Crippen LogP contribution in [0.3, 0.4) is 0 Å². The molecule has 0 radical (unpaired) electrons. The molecule has 0 fully saturated rings. The molecule has 0 rings (SSSR count). The highest BCUT2D eigenvalue weighted by Gasteiger charge is 2.21. The second kappa shape index (κ2) is 33.6. The van der Waals surface area contributed by atoms with Crippen LogP contribution in [0.2, 0.25) is 0 Å². The van der Waals surface area contributed by atoms with Crippen LogP contribution in [0, 0.1) is 0 Å². The Bertz CT molecular complexity index is 372. The predicted molar refractivity (Wildman–Crippen MR) is 172 cm³/mol. The van der Waals surface area contributed by atoms with Crippen molar-refractivity contribution in [2.45, 2.75) is 207 Å². The van der Waals surface area contributed by atoms with Gasteiger partial charge >= 0.3 is 0 Å². The van der Waals surface area contributed by atoms with Gasteiger partial charge in [0.1, 0.15) is 0 Å². The van der Waals surface area contributed by atoms with Gasteiger partial charge in [0.25, 0.3) is 0 Å². The number of nitrogens with zero attached hydrogens (tertiary/aromatic N) is 1. The molecule has 0 aromatic rings. The van der Waals surface area contributed by atoms with Gasteiger partial charge in [0.05, 0.1) is 26.2 Å². The molecule has 0 heterocycles. The molecule has 1 nitrogen and oxygen atoms in total. The molecule has 0 atom stereocenters. The maximum atomic E-state index is 2.44. The van der Waals surface area contributed by atoms with Crippen molar-refractivity contribution in [3.8, 4) is 0 Å². The Kier molecular flexibility index (Phi) is 35.9. The molecule has 0 aromatic carbocycles. The van der Waals surface area contributed by atoms with Crippen molar-refractivity contribution >= 4 is 0 Å². The molecule has 0 aliphatic heterocycles. The molecule has 0 saturated carbocycles. The summed E-state index contributed by atoms with van der Waals surface area (Å²) in [5.74, 6) is 0. The van der Waals surface area contributed by atoms with Crippen LogP contribution in [0.25, 0.3) is 0 Å².